The molecule has 3 heterocycles. The number of nitrogens with zero attached hydrogens (tertiary/aromatic N) is 3. The zero-order valence-electron chi connectivity index (χ0n) is 27.8. The molecule has 0 radical (unpaired) electrons. The largest absolute Gasteiger partial charge is 0.446 e. The number of hydrogen-bond donors (Lipinski definition) is 2. The van der Waals surface area contributed by atoms with Gasteiger partial charge < -0.3 is 19.9 Å². The quantitative estimate of drug-likeness (QED) is 0.163. The Morgan fingerprint density at radius 1 is 0.894 bits per heavy atom. The second-order valence-electron chi connectivity index (χ2n) is 12.4. The molecule has 1 atom stereocenters. The van der Waals surface area contributed by atoms with E-state index in [4.69, 9.17) is 4.74 Å². The lowest BCUT2D eigenvalue weighted by atomic mass is 9.96. The molecule has 47 heavy (non-hydrogen) atoms. The Labute approximate surface area is 283 Å². The fourth-order valence-electron chi connectivity index (χ4n) is 6.56. The first-order chi connectivity index (χ1) is 22.9. The highest BCUT2D eigenvalue weighted by Gasteiger charge is 2.28. The number of anilines is 1. The molecule has 1 unspecified atom stereocenters. The monoisotopic (exact) mass is 659 g/mol. The summed E-state index contributed by atoms with van der Waals surface area (Å²) >= 11 is 1.57. The van der Waals surface area contributed by atoms with Crippen molar-refractivity contribution in [2.45, 2.75) is 52.2 Å². The number of carbonyl (C=O) groups is 3. The van der Waals surface area contributed by atoms with Crippen LogP contribution in [0.25, 0.3) is 11.1 Å². The van der Waals surface area contributed by atoms with Crippen molar-refractivity contribution in [3.63, 3.8) is 0 Å². The predicted octanol–water partition coefficient (Wildman–Crippen LogP) is 5.98. The first-order valence-corrected chi connectivity index (χ1v) is 17.9. The van der Waals surface area contributed by atoms with E-state index >= 15 is 0 Å². The number of likely N-dealkylation sites (tertiary alicyclic amines) is 2. The second kappa shape index (κ2) is 17.5. The fraction of sp³-hybridized carbons (Fsp3) is 0.486. The third kappa shape index (κ3) is 9.96. The number of Topliss-reactive ketones (excluding diaryl/α,β-unsaturated/α-hetero) is 1. The predicted molar refractivity (Wildman–Crippen MR) is 189 cm³/mol. The van der Waals surface area contributed by atoms with Crippen molar-refractivity contribution in [2.75, 3.05) is 64.2 Å². The first-order valence-electron chi connectivity index (χ1n) is 17.1. The molecule has 2 fully saturated rings. The molecule has 0 bridgehead atoms. The van der Waals surface area contributed by atoms with Gasteiger partial charge in [-0.25, -0.2) is 4.79 Å². The zero-order chi connectivity index (χ0) is 33.0. The highest BCUT2D eigenvalue weighted by atomic mass is 32.1. The molecule has 252 valence electrons. The van der Waals surface area contributed by atoms with Crippen molar-refractivity contribution >= 4 is 34.8 Å². The summed E-state index contributed by atoms with van der Waals surface area (Å²) in [7, 11) is 0. The molecule has 3 aromatic rings. The van der Waals surface area contributed by atoms with Gasteiger partial charge in [-0.1, -0.05) is 48.5 Å². The lowest BCUT2D eigenvalue weighted by molar-refractivity contribution is -0.137. The van der Waals surface area contributed by atoms with E-state index in [-0.39, 0.29) is 23.7 Å². The van der Waals surface area contributed by atoms with Crippen LogP contribution >= 0.6 is 11.3 Å². The summed E-state index contributed by atoms with van der Waals surface area (Å²) in [5.74, 6) is 0.455. The Hall–Kier alpha value is -3.57. The van der Waals surface area contributed by atoms with Crippen molar-refractivity contribution in [1.29, 1.82) is 0 Å². The van der Waals surface area contributed by atoms with Crippen LogP contribution in [-0.2, 0) is 16.1 Å². The van der Waals surface area contributed by atoms with Crippen molar-refractivity contribution in [3.05, 3.63) is 76.5 Å². The van der Waals surface area contributed by atoms with Crippen molar-refractivity contribution in [2.24, 2.45) is 5.92 Å². The average Bonchev–Trinajstić information content (AvgIpc) is 3.57. The van der Waals surface area contributed by atoms with E-state index in [0.29, 0.717) is 6.54 Å². The Kier molecular flexibility index (Phi) is 13.0. The first kappa shape index (κ1) is 34.8. The minimum Gasteiger partial charge on any atom is -0.446 e. The molecule has 2 aliphatic heterocycles. The normalized spacial score (nSPS) is 17.7. The number of thiophene rings is 1. The lowest BCUT2D eigenvalue weighted by Gasteiger charge is -2.34. The van der Waals surface area contributed by atoms with Crippen LogP contribution < -0.4 is 10.6 Å². The van der Waals surface area contributed by atoms with Gasteiger partial charge in [-0.3, -0.25) is 19.8 Å². The Balaban J connectivity index is 0.972. The Morgan fingerprint density at radius 2 is 1.64 bits per heavy atom. The molecule has 10 heteroatoms. The molecule has 2 saturated heterocycles. The van der Waals surface area contributed by atoms with Gasteiger partial charge in [0.05, 0.1) is 23.0 Å². The maximum absolute atomic E-state index is 12.9. The number of hydrogen-bond acceptors (Lipinski definition) is 8. The summed E-state index contributed by atoms with van der Waals surface area (Å²) < 4.78 is 5.77. The number of nitrogens with one attached hydrogen (secondary N) is 2. The summed E-state index contributed by atoms with van der Waals surface area (Å²) in [4.78, 5) is 47.1. The highest BCUT2D eigenvalue weighted by molar-refractivity contribution is 7.14. The molecule has 9 nitrogen and oxygen atoms in total. The fourth-order valence-corrected chi connectivity index (χ4v) is 7.54. The van der Waals surface area contributed by atoms with Gasteiger partial charge in [0, 0.05) is 62.8 Å². The van der Waals surface area contributed by atoms with E-state index < -0.39 is 6.09 Å². The lowest BCUT2D eigenvalue weighted by Crippen LogP contribution is -2.44. The maximum atomic E-state index is 12.9. The van der Waals surface area contributed by atoms with Gasteiger partial charge in [0.25, 0.3) is 0 Å². The van der Waals surface area contributed by atoms with E-state index in [9.17, 15) is 14.4 Å². The molecular formula is C37H49N5O4S. The van der Waals surface area contributed by atoms with Crippen LogP contribution in [0.2, 0.25) is 0 Å². The van der Waals surface area contributed by atoms with Crippen LogP contribution in [0.4, 0.5) is 10.5 Å². The van der Waals surface area contributed by atoms with Crippen LogP contribution in [0, 0.1) is 5.92 Å². The van der Waals surface area contributed by atoms with Gasteiger partial charge in [0.15, 0.2) is 5.78 Å². The van der Waals surface area contributed by atoms with E-state index in [1.165, 1.54) is 4.88 Å². The molecular weight excluding hydrogens is 611 g/mol. The van der Waals surface area contributed by atoms with Gasteiger partial charge in [0.2, 0.25) is 5.91 Å². The van der Waals surface area contributed by atoms with E-state index in [1.807, 2.05) is 79.4 Å². The van der Waals surface area contributed by atoms with E-state index in [0.717, 1.165) is 106 Å². The molecule has 2 aromatic carbocycles. The van der Waals surface area contributed by atoms with Gasteiger partial charge in [0.1, 0.15) is 6.10 Å². The number of amides is 2. The summed E-state index contributed by atoms with van der Waals surface area (Å²) in [6, 6.07) is 21.7. The minimum atomic E-state index is -0.422. The topological polar surface area (TPSA) is 94.2 Å². The second-order valence-corrected chi connectivity index (χ2v) is 13.6. The van der Waals surface area contributed by atoms with Gasteiger partial charge >= 0.3 is 6.09 Å². The number of benzene rings is 2. The smallest absolute Gasteiger partial charge is 0.411 e. The van der Waals surface area contributed by atoms with Crippen molar-refractivity contribution in [3.8, 4) is 11.1 Å². The molecule has 2 amide bonds. The number of piperidine rings is 2. The minimum absolute atomic E-state index is 0.0695. The molecule has 1 aromatic heterocycles. The van der Waals surface area contributed by atoms with Crippen molar-refractivity contribution < 1.29 is 19.1 Å². The van der Waals surface area contributed by atoms with Crippen molar-refractivity contribution in [1.82, 2.24) is 20.0 Å². The van der Waals surface area contributed by atoms with Crippen LogP contribution in [-0.4, -0.2) is 97.5 Å². The summed E-state index contributed by atoms with van der Waals surface area (Å²) in [5, 5.41) is 6.25. The standard InChI is InChI=1S/C37H49N5O4S/c1-3-42(4-2)36(44)29-13-10-21-41(26-29)27-31-16-17-35(47-31)34(43)25-38-20-24-40-22-18-30(19-23-40)46-37(45)39-33-15-9-8-14-32(33)28-11-6-5-7-12-28/h5-9,11-12,14-17,29-30,38H,3-4,10,13,18-27H2,1-2H3,(H,39,45). The number of rotatable bonds is 14. The molecule has 2 aliphatic rings. The number of ketones is 1. The van der Waals surface area contributed by atoms with Crippen LogP contribution in [0.3, 0.4) is 0 Å². The van der Waals surface area contributed by atoms with Gasteiger partial charge in [-0.15, -0.1) is 11.3 Å². The molecule has 5 rings (SSSR count). The van der Waals surface area contributed by atoms with Crippen LogP contribution in [0.1, 0.15) is 54.1 Å². The summed E-state index contributed by atoms with van der Waals surface area (Å²) in [6.07, 6.45) is 3.02. The zero-order valence-corrected chi connectivity index (χ0v) is 28.6. The molecule has 0 aliphatic carbocycles. The number of ether oxygens (including phenoxy) is 1. The van der Waals surface area contributed by atoms with E-state index in [2.05, 4.69) is 26.5 Å². The number of para-hydroxylation sites is 1. The molecule has 0 spiro atoms. The SMILES string of the molecule is CCN(CC)C(=O)C1CCCN(Cc2ccc(C(=O)CNCCN3CCC(OC(=O)Nc4ccccc4-c4ccccc4)CC3)s2)C1. The summed E-state index contributed by atoms with van der Waals surface area (Å²) in [5.41, 5.74) is 2.74. The molecule has 2 N–H and O–H groups in total. The molecule has 0 saturated carbocycles. The average molecular weight is 660 g/mol. The van der Waals surface area contributed by atoms with Gasteiger partial charge in [-0.2, -0.15) is 0 Å². The van der Waals surface area contributed by atoms with Crippen LogP contribution in [0.15, 0.2) is 66.7 Å². The van der Waals surface area contributed by atoms with E-state index in [1.54, 1.807) is 11.3 Å². The van der Waals surface area contributed by atoms with Gasteiger partial charge in [-0.05, 0) is 69.8 Å². The number of carbonyl (C=O) groups excluding carboxylic acids is 3. The summed E-state index contributed by atoms with van der Waals surface area (Å²) in [6.45, 7) is 11.7. The van der Waals surface area contributed by atoms with Crippen LogP contribution in [0.5, 0.6) is 0 Å². The Bertz CT molecular complexity index is 1450. The Morgan fingerprint density at radius 3 is 2.40 bits per heavy atom. The third-order valence-corrected chi connectivity index (χ3v) is 10.3. The maximum Gasteiger partial charge on any atom is 0.411 e. The highest BCUT2D eigenvalue weighted by Crippen LogP contribution is 2.28. The third-order valence-electron chi connectivity index (χ3n) is 9.19.